The second-order valence-corrected chi connectivity index (χ2v) is 8.61. The summed E-state index contributed by atoms with van der Waals surface area (Å²) in [5, 5.41) is 0. The molecular formula is C17H16BrF2Na2O3PS. The summed E-state index contributed by atoms with van der Waals surface area (Å²) in [4.78, 5) is 9.08. The maximum Gasteiger partial charge on any atom is 0.442 e. The predicted molar refractivity (Wildman–Crippen MR) is 114 cm³/mol. The van der Waals surface area contributed by atoms with Crippen LogP contribution in [0.15, 0.2) is 59.1 Å². The van der Waals surface area contributed by atoms with Gasteiger partial charge in [-0.25, -0.2) is 4.57 Å². The van der Waals surface area contributed by atoms with E-state index in [-0.39, 0.29) is 64.9 Å². The van der Waals surface area contributed by atoms with E-state index < -0.39 is 13.8 Å². The normalized spacial score (nSPS) is 12.9. The smallest absolute Gasteiger partial charge is 0.420 e. The van der Waals surface area contributed by atoms with Gasteiger partial charge in [0.15, 0.2) is 0 Å². The number of hydrogen-bond donors (Lipinski definition) is 1. The van der Waals surface area contributed by atoms with Crippen molar-refractivity contribution < 1.29 is 22.8 Å². The molecule has 2 radical (unpaired) electrons. The molecule has 0 bridgehead atoms. The van der Waals surface area contributed by atoms with Crippen molar-refractivity contribution in [2.45, 2.75) is 11.9 Å². The molecule has 1 unspecified atom stereocenters. The van der Waals surface area contributed by atoms with Crippen LogP contribution in [0.2, 0.25) is 0 Å². The van der Waals surface area contributed by atoms with E-state index in [1.165, 1.54) is 6.07 Å². The zero-order valence-electron chi connectivity index (χ0n) is 15.0. The van der Waals surface area contributed by atoms with Crippen molar-refractivity contribution >= 4 is 100 Å². The minimum absolute atomic E-state index is 0. The predicted octanol–water partition coefficient (Wildman–Crippen LogP) is 5.42. The first-order valence-electron chi connectivity index (χ1n) is 7.26. The van der Waals surface area contributed by atoms with Crippen LogP contribution in [-0.4, -0.2) is 75.9 Å². The van der Waals surface area contributed by atoms with Crippen LogP contribution < -0.4 is 4.52 Å². The van der Waals surface area contributed by atoms with Gasteiger partial charge >= 0.3 is 13.8 Å². The van der Waals surface area contributed by atoms with Gasteiger partial charge in [0.05, 0.1) is 4.47 Å². The molecule has 0 aliphatic carbocycles. The third-order valence-corrected chi connectivity index (χ3v) is 5.60. The molecule has 0 spiro atoms. The first-order valence-corrected chi connectivity index (χ1v) is 10.9. The van der Waals surface area contributed by atoms with Crippen molar-refractivity contribution in [2.24, 2.45) is 0 Å². The van der Waals surface area contributed by atoms with Crippen LogP contribution in [0.3, 0.4) is 0 Å². The molecule has 0 fully saturated rings. The van der Waals surface area contributed by atoms with Crippen molar-refractivity contribution in [2.75, 3.05) is 5.75 Å². The first-order chi connectivity index (χ1) is 11.9. The monoisotopic (exact) mass is 494 g/mol. The Hall–Kier alpha value is 0.860. The molecule has 0 saturated heterocycles. The van der Waals surface area contributed by atoms with Crippen LogP contribution in [0.5, 0.6) is 5.75 Å². The van der Waals surface area contributed by atoms with Crippen molar-refractivity contribution in [3.05, 3.63) is 70.2 Å². The van der Waals surface area contributed by atoms with Gasteiger partial charge in [-0.3, -0.25) is 0 Å². The molecule has 0 aliphatic rings. The van der Waals surface area contributed by atoms with Gasteiger partial charge in [-0.1, -0.05) is 48.6 Å². The molecule has 27 heavy (non-hydrogen) atoms. The molecule has 136 valence electrons. The fourth-order valence-electron chi connectivity index (χ4n) is 1.88. The number of alkyl halides is 2. The summed E-state index contributed by atoms with van der Waals surface area (Å²) in [7, 11) is -4.97. The zero-order chi connectivity index (χ0) is 18.3. The molecule has 2 aromatic rings. The minimum atomic E-state index is -4.97. The third-order valence-electron chi connectivity index (χ3n) is 3.06. The number of benzene rings is 2. The van der Waals surface area contributed by atoms with E-state index >= 15 is 0 Å². The van der Waals surface area contributed by atoms with E-state index in [9.17, 15) is 13.3 Å². The molecule has 0 aliphatic heterocycles. The van der Waals surface area contributed by atoms with Gasteiger partial charge < -0.3 is 9.42 Å². The number of halogens is 3. The molecule has 0 heterocycles. The Morgan fingerprint density at radius 2 is 1.85 bits per heavy atom. The molecule has 0 amide bonds. The Balaban J connectivity index is 0.00000338. The molecular weight excluding hydrogens is 479 g/mol. The molecule has 0 aromatic heterocycles. The van der Waals surface area contributed by atoms with E-state index in [4.69, 9.17) is 4.89 Å². The Labute approximate surface area is 214 Å². The van der Waals surface area contributed by atoms with Crippen LogP contribution in [-0.2, 0) is 10.3 Å². The van der Waals surface area contributed by atoms with Gasteiger partial charge in [0.1, 0.15) is 5.75 Å². The summed E-state index contributed by atoms with van der Waals surface area (Å²) >= 11 is 4.86. The Morgan fingerprint density at radius 3 is 2.44 bits per heavy atom. The average molecular weight is 495 g/mol. The quantitative estimate of drug-likeness (QED) is 0.302. The summed E-state index contributed by atoms with van der Waals surface area (Å²) in [5.74, 6) is 1.45. The van der Waals surface area contributed by atoms with Crippen LogP contribution in [0.1, 0.15) is 11.1 Å². The summed E-state index contributed by atoms with van der Waals surface area (Å²) in [6.45, 7) is 0. The molecule has 1 N–H and O–H groups in total. The maximum absolute atomic E-state index is 12.4. The van der Waals surface area contributed by atoms with E-state index in [1.807, 2.05) is 36.4 Å². The van der Waals surface area contributed by atoms with Gasteiger partial charge in [0, 0.05) is 70.6 Å². The summed E-state index contributed by atoms with van der Waals surface area (Å²) in [5.41, 5.74) is 2.09. The molecule has 10 heteroatoms. The van der Waals surface area contributed by atoms with Crippen molar-refractivity contribution in [1.29, 1.82) is 0 Å². The minimum Gasteiger partial charge on any atom is -0.420 e. The van der Waals surface area contributed by atoms with Crippen molar-refractivity contribution in [3.63, 3.8) is 0 Å². The Kier molecular flexibility index (Phi) is 14.4. The SMILES string of the molecule is O=P(O)(Oc1ccc(CSCC=Cc2ccccc2)cc1Br)C(F)F.[Na].[Na]. The van der Waals surface area contributed by atoms with Crippen molar-refractivity contribution in [3.8, 4) is 5.75 Å². The van der Waals surface area contributed by atoms with Crippen molar-refractivity contribution in [1.82, 2.24) is 0 Å². The average Bonchev–Trinajstić information content (AvgIpc) is 2.57. The number of rotatable bonds is 8. The van der Waals surface area contributed by atoms with Gasteiger partial charge in [0.2, 0.25) is 0 Å². The molecule has 1 atom stereocenters. The number of thioether (sulfide) groups is 1. The topological polar surface area (TPSA) is 46.5 Å². The van der Waals surface area contributed by atoms with Gasteiger partial charge in [-0.2, -0.15) is 20.5 Å². The van der Waals surface area contributed by atoms with Crippen LogP contribution in [0, 0.1) is 0 Å². The van der Waals surface area contributed by atoms with E-state index in [0.29, 0.717) is 10.2 Å². The molecule has 2 rings (SSSR count). The molecule has 3 nitrogen and oxygen atoms in total. The zero-order valence-corrected chi connectivity index (χ0v) is 22.3. The first kappa shape index (κ1) is 27.9. The second kappa shape index (κ2) is 14.0. The van der Waals surface area contributed by atoms with Crippen LogP contribution in [0.4, 0.5) is 8.78 Å². The third kappa shape index (κ3) is 9.94. The fourth-order valence-corrected chi connectivity index (χ4v) is 3.80. The number of hydrogen-bond acceptors (Lipinski definition) is 3. The van der Waals surface area contributed by atoms with Gasteiger partial charge in [-0.15, -0.1) is 0 Å². The second-order valence-electron chi connectivity index (χ2n) is 5.03. The van der Waals surface area contributed by atoms with E-state index in [1.54, 1.807) is 23.9 Å². The Bertz CT molecular complexity index is 782. The maximum atomic E-state index is 12.4. The van der Waals surface area contributed by atoms with E-state index in [2.05, 4.69) is 26.5 Å². The standard InChI is InChI=1S/C17H16BrF2O3PS.2Na/c18-15-11-14(8-9-16(15)23-24(21,22)17(19)20)12-25-10-4-7-13-5-2-1-3-6-13;;/h1-9,11,17H,10,12H2,(H,21,22);;. The molecule has 2 aromatic carbocycles. The Morgan fingerprint density at radius 1 is 1.19 bits per heavy atom. The largest absolute Gasteiger partial charge is 0.442 e. The summed E-state index contributed by atoms with van der Waals surface area (Å²) < 4.78 is 40.9. The molecule has 0 saturated carbocycles. The van der Waals surface area contributed by atoms with Gasteiger partial charge in [0.25, 0.3) is 0 Å². The van der Waals surface area contributed by atoms with Crippen LogP contribution in [0.25, 0.3) is 6.08 Å². The summed E-state index contributed by atoms with van der Waals surface area (Å²) in [6, 6.07) is 14.8. The summed E-state index contributed by atoms with van der Waals surface area (Å²) in [6.07, 6.45) is 0.672. The fraction of sp³-hybridized carbons (Fsp3) is 0.176. The van der Waals surface area contributed by atoms with Crippen LogP contribution >= 0.6 is 35.3 Å². The van der Waals surface area contributed by atoms with Gasteiger partial charge in [-0.05, 0) is 39.2 Å². The van der Waals surface area contributed by atoms with E-state index in [0.717, 1.165) is 16.9 Å².